The first-order valence-corrected chi connectivity index (χ1v) is 8.54. The Bertz CT molecular complexity index is 199. The van der Waals surface area contributed by atoms with E-state index in [1.165, 1.54) is 19.3 Å². The standard InChI is InChI=1S/C18H38O2/c1-14(2)9-8-10-17(7)11-18(19-12-15(3)4)20-13-16(5)6/h14-18H,8-13H2,1-7H3. The fraction of sp³-hybridized carbons (Fsp3) is 1.00. The van der Waals surface area contributed by atoms with E-state index in [-0.39, 0.29) is 6.29 Å². The van der Waals surface area contributed by atoms with Crippen LogP contribution in [-0.2, 0) is 9.47 Å². The predicted octanol–water partition coefficient (Wildman–Crippen LogP) is 5.51. The Morgan fingerprint density at radius 1 is 0.650 bits per heavy atom. The fourth-order valence-corrected chi connectivity index (χ4v) is 2.10. The molecule has 0 aliphatic rings. The van der Waals surface area contributed by atoms with Crippen LogP contribution in [0.1, 0.15) is 74.1 Å². The van der Waals surface area contributed by atoms with E-state index in [0.717, 1.165) is 25.6 Å². The number of ether oxygens (including phenoxy) is 2. The van der Waals surface area contributed by atoms with Crippen LogP contribution in [0, 0.1) is 23.7 Å². The van der Waals surface area contributed by atoms with Gasteiger partial charge in [-0.2, -0.15) is 0 Å². The van der Waals surface area contributed by atoms with Gasteiger partial charge in [0.1, 0.15) is 0 Å². The van der Waals surface area contributed by atoms with Crippen molar-refractivity contribution in [1.29, 1.82) is 0 Å². The van der Waals surface area contributed by atoms with E-state index < -0.39 is 0 Å². The molecule has 0 aromatic carbocycles. The van der Waals surface area contributed by atoms with E-state index in [9.17, 15) is 0 Å². The summed E-state index contributed by atoms with van der Waals surface area (Å²) in [6, 6.07) is 0. The first-order valence-electron chi connectivity index (χ1n) is 8.54. The molecule has 1 atom stereocenters. The Morgan fingerprint density at radius 3 is 1.55 bits per heavy atom. The highest BCUT2D eigenvalue weighted by atomic mass is 16.7. The molecule has 0 aliphatic carbocycles. The van der Waals surface area contributed by atoms with Crippen LogP contribution in [0.2, 0.25) is 0 Å². The molecule has 0 saturated carbocycles. The zero-order valence-corrected chi connectivity index (χ0v) is 14.9. The summed E-state index contributed by atoms with van der Waals surface area (Å²) < 4.78 is 11.9. The lowest BCUT2D eigenvalue weighted by atomic mass is 9.97. The molecule has 2 heteroatoms. The van der Waals surface area contributed by atoms with Crippen molar-refractivity contribution in [1.82, 2.24) is 0 Å². The van der Waals surface area contributed by atoms with Crippen LogP contribution in [0.5, 0.6) is 0 Å². The Labute approximate surface area is 127 Å². The summed E-state index contributed by atoms with van der Waals surface area (Å²) in [6.07, 6.45) is 4.94. The molecule has 1 unspecified atom stereocenters. The van der Waals surface area contributed by atoms with E-state index in [1.54, 1.807) is 0 Å². The second kappa shape index (κ2) is 11.6. The van der Waals surface area contributed by atoms with Crippen LogP contribution >= 0.6 is 0 Å². The van der Waals surface area contributed by atoms with Gasteiger partial charge in [0.05, 0.1) is 13.2 Å². The van der Waals surface area contributed by atoms with Crippen LogP contribution in [-0.4, -0.2) is 19.5 Å². The number of rotatable bonds is 12. The Balaban J connectivity index is 4.03. The summed E-state index contributed by atoms with van der Waals surface area (Å²) in [4.78, 5) is 0. The van der Waals surface area contributed by atoms with Gasteiger partial charge in [-0.1, -0.05) is 67.7 Å². The van der Waals surface area contributed by atoms with Crippen molar-refractivity contribution in [2.45, 2.75) is 80.4 Å². The highest BCUT2D eigenvalue weighted by molar-refractivity contribution is 4.59. The molecule has 0 bridgehead atoms. The zero-order chi connectivity index (χ0) is 15.5. The normalized spacial score (nSPS) is 13.9. The summed E-state index contributed by atoms with van der Waals surface area (Å²) in [5.41, 5.74) is 0. The van der Waals surface area contributed by atoms with Crippen LogP contribution < -0.4 is 0 Å². The van der Waals surface area contributed by atoms with Crippen molar-refractivity contribution < 1.29 is 9.47 Å². The minimum Gasteiger partial charge on any atom is -0.352 e. The van der Waals surface area contributed by atoms with Gasteiger partial charge in [0.15, 0.2) is 6.29 Å². The lowest BCUT2D eigenvalue weighted by molar-refractivity contribution is -0.162. The molecule has 0 fully saturated rings. The van der Waals surface area contributed by atoms with Crippen molar-refractivity contribution in [3.05, 3.63) is 0 Å². The summed E-state index contributed by atoms with van der Waals surface area (Å²) in [7, 11) is 0. The number of hydrogen-bond donors (Lipinski definition) is 0. The Hall–Kier alpha value is -0.0800. The van der Waals surface area contributed by atoms with E-state index in [2.05, 4.69) is 48.5 Å². The summed E-state index contributed by atoms with van der Waals surface area (Å²) >= 11 is 0. The fourth-order valence-electron chi connectivity index (χ4n) is 2.10. The molecule has 0 amide bonds. The molecule has 0 N–H and O–H groups in total. The van der Waals surface area contributed by atoms with E-state index in [0.29, 0.717) is 17.8 Å². The summed E-state index contributed by atoms with van der Waals surface area (Å²) in [6.45, 7) is 17.2. The molecule has 2 nitrogen and oxygen atoms in total. The maximum atomic E-state index is 5.93. The molecule has 0 aromatic rings. The van der Waals surface area contributed by atoms with Gasteiger partial charge in [0.25, 0.3) is 0 Å². The first-order chi connectivity index (χ1) is 9.31. The van der Waals surface area contributed by atoms with E-state index >= 15 is 0 Å². The van der Waals surface area contributed by atoms with Gasteiger partial charge >= 0.3 is 0 Å². The third-order valence-corrected chi connectivity index (χ3v) is 3.30. The van der Waals surface area contributed by atoms with Crippen molar-refractivity contribution in [2.24, 2.45) is 23.7 Å². The Morgan fingerprint density at radius 2 is 1.15 bits per heavy atom. The van der Waals surface area contributed by atoms with Crippen molar-refractivity contribution in [2.75, 3.05) is 13.2 Å². The van der Waals surface area contributed by atoms with E-state index in [1.807, 2.05) is 0 Å². The maximum absolute atomic E-state index is 5.93. The summed E-state index contributed by atoms with van der Waals surface area (Å²) in [5, 5.41) is 0. The van der Waals surface area contributed by atoms with Gasteiger partial charge in [0, 0.05) is 6.42 Å². The number of hydrogen-bond acceptors (Lipinski definition) is 2. The highest BCUT2D eigenvalue weighted by Gasteiger charge is 2.15. The smallest absolute Gasteiger partial charge is 0.157 e. The lowest BCUT2D eigenvalue weighted by Gasteiger charge is -2.24. The van der Waals surface area contributed by atoms with Gasteiger partial charge < -0.3 is 9.47 Å². The average Bonchev–Trinajstić information content (AvgIpc) is 2.31. The van der Waals surface area contributed by atoms with Gasteiger partial charge in [-0.25, -0.2) is 0 Å². The van der Waals surface area contributed by atoms with Crippen molar-refractivity contribution in [3.63, 3.8) is 0 Å². The molecule has 122 valence electrons. The molecule has 0 saturated heterocycles. The molecule has 0 radical (unpaired) electrons. The van der Waals surface area contributed by atoms with Crippen LogP contribution in [0.15, 0.2) is 0 Å². The van der Waals surface area contributed by atoms with Gasteiger partial charge in [-0.3, -0.25) is 0 Å². The minimum atomic E-state index is -0.0196. The second-order valence-electron chi connectivity index (χ2n) is 7.55. The largest absolute Gasteiger partial charge is 0.352 e. The third-order valence-electron chi connectivity index (χ3n) is 3.30. The molecule has 0 aliphatic heterocycles. The molecular weight excluding hydrogens is 248 g/mol. The third kappa shape index (κ3) is 12.9. The van der Waals surface area contributed by atoms with Crippen LogP contribution in [0.4, 0.5) is 0 Å². The first kappa shape index (κ1) is 19.9. The van der Waals surface area contributed by atoms with Crippen LogP contribution in [0.25, 0.3) is 0 Å². The lowest BCUT2D eigenvalue weighted by Crippen LogP contribution is -2.24. The molecule has 0 heterocycles. The second-order valence-corrected chi connectivity index (χ2v) is 7.55. The average molecular weight is 286 g/mol. The maximum Gasteiger partial charge on any atom is 0.157 e. The van der Waals surface area contributed by atoms with E-state index in [4.69, 9.17) is 9.47 Å². The van der Waals surface area contributed by atoms with Crippen molar-refractivity contribution in [3.8, 4) is 0 Å². The SMILES string of the molecule is CC(C)CCCC(C)CC(OCC(C)C)OCC(C)C. The van der Waals surface area contributed by atoms with Gasteiger partial charge in [-0.05, 0) is 23.7 Å². The topological polar surface area (TPSA) is 18.5 Å². The molecule has 0 rings (SSSR count). The Kier molecular flexibility index (Phi) is 11.5. The zero-order valence-electron chi connectivity index (χ0n) is 14.9. The molecule has 0 aromatic heterocycles. The minimum absolute atomic E-state index is 0.0196. The monoisotopic (exact) mass is 286 g/mol. The molecular formula is C18H38O2. The molecule has 20 heavy (non-hydrogen) atoms. The van der Waals surface area contributed by atoms with Crippen LogP contribution in [0.3, 0.4) is 0 Å². The van der Waals surface area contributed by atoms with Gasteiger partial charge in [-0.15, -0.1) is 0 Å². The molecule has 0 spiro atoms. The van der Waals surface area contributed by atoms with Crippen molar-refractivity contribution >= 4 is 0 Å². The summed E-state index contributed by atoms with van der Waals surface area (Å²) in [5.74, 6) is 2.62. The van der Waals surface area contributed by atoms with Gasteiger partial charge in [0.2, 0.25) is 0 Å². The predicted molar refractivity (Wildman–Crippen MR) is 87.8 cm³/mol. The highest BCUT2D eigenvalue weighted by Crippen LogP contribution is 2.19. The quantitative estimate of drug-likeness (QED) is 0.440.